The van der Waals surface area contributed by atoms with Gasteiger partial charge >= 0.3 is 0 Å². The standard InChI is InChI=1S/C18H31N5O3/c1-19-18(20-6-3-8-25-16-4-9-24-10-5-16)23-7-11-26-17(14-23)15-12-21-22(2)13-15/h12-13,16-17H,3-11,14H2,1-2H3,(H,19,20). The molecular formula is C18H31N5O3. The van der Waals surface area contributed by atoms with Crippen LogP contribution in [-0.4, -0.2) is 79.9 Å². The molecule has 3 heterocycles. The molecule has 1 aromatic rings. The zero-order valence-electron chi connectivity index (χ0n) is 15.9. The van der Waals surface area contributed by atoms with Crippen LogP contribution in [0.25, 0.3) is 0 Å². The van der Waals surface area contributed by atoms with Gasteiger partial charge in [-0.15, -0.1) is 0 Å². The van der Waals surface area contributed by atoms with Crippen LogP contribution < -0.4 is 5.32 Å². The molecule has 0 aromatic carbocycles. The molecule has 146 valence electrons. The highest BCUT2D eigenvalue weighted by molar-refractivity contribution is 5.80. The Morgan fingerprint density at radius 3 is 2.96 bits per heavy atom. The van der Waals surface area contributed by atoms with Gasteiger partial charge in [0, 0.05) is 58.8 Å². The maximum Gasteiger partial charge on any atom is 0.193 e. The number of rotatable bonds is 6. The summed E-state index contributed by atoms with van der Waals surface area (Å²) in [6.45, 7) is 5.59. The Hall–Kier alpha value is -1.64. The van der Waals surface area contributed by atoms with E-state index in [1.54, 1.807) is 0 Å². The van der Waals surface area contributed by atoms with Gasteiger partial charge in [-0.3, -0.25) is 9.67 Å². The van der Waals surface area contributed by atoms with Crippen LogP contribution in [0.5, 0.6) is 0 Å². The Bertz CT molecular complexity index is 571. The molecule has 3 rings (SSSR count). The van der Waals surface area contributed by atoms with E-state index >= 15 is 0 Å². The molecule has 0 saturated carbocycles. The van der Waals surface area contributed by atoms with Crippen molar-refractivity contribution < 1.29 is 14.2 Å². The fourth-order valence-corrected chi connectivity index (χ4v) is 3.35. The van der Waals surface area contributed by atoms with Gasteiger partial charge in [-0.25, -0.2) is 0 Å². The van der Waals surface area contributed by atoms with Crippen LogP contribution in [0.4, 0.5) is 0 Å². The third kappa shape index (κ3) is 5.43. The Morgan fingerprint density at radius 1 is 1.38 bits per heavy atom. The van der Waals surface area contributed by atoms with Gasteiger partial charge in [0.1, 0.15) is 6.10 Å². The molecule has 0 aliphatic carbocycles. The van der Waals surface area contributed by atoms with Crippen LogP contribution in [0.3, 0.4) is 0 Å². The maximum atomic E-state index is 5.92. The summed E-state index contributed by atoms with van der Waals surface area (Å²) in [4.78, 5) is 6.68. The lowest BCUT2D eigenvalue weighted by Crippen LogP contribution is -2.48. The number of guanidine groups is 1. The van der Waals surface area contributed by atoms with Crippen molar-refractivity contribution in [2.45, 2.75) is 31.5 Å². The lowest BCUT2D eigenvalue weighted by atomic mass is 10.1. The van der Waals surface area contributed by atoms with Crippen molar-refractivity contribution in [1.29, 1.82) is 0 Å². The molecule has 0 spiro atoms. The molecule has 2 saturated heterocycles. The van der Waals surface area contributed by atoms with E-state index in [9.17, 15) is 0 Å². The fourth-order valence-electron chi connectivity index (χ4n) is 3.35. The lowest BCUT2D eigenvalue weighted by Gasteiger charge is -2.34. The average molecular weight is 365 g/mol. The highest BCUT2D eigenvalue weighted by Gasteiger charge is 2.25. The second kappa shape index (κ2) is 9.89. The zero-order valence-corrected chi connectivity index (χ0v) is 15.9. The third-order valence-corrected chi connectivity index (χ3v) is 4.80. The topological polar surface area (TPSA) is 73.1 Å². The number of aromatic nitrogens is 2. The molecule has 1 atom stereocenters. The summed E-state index contributed by atoms with van der Waals surface area (Å²) in [5, 5.41) is 7.69. The van der Waals surface area contributed by atoms with Crippen molar-refractivity contribution >= 4 is 5.96 Å². The number of ether oxygens (including phenoxy) is 3. The van der Waals surface area contributed by atoms with Crippen molar-refractivity contribution in [2.24, 2.45) is 12.0 Å². The number of aliphatic imine (C=N–C) groups is 1. The van der Waals surface area contributed by atoms with Gasteiger partial charge in [0.25, 0.3) is 0 Å². The Kier molecular flexibility index (Phi) is 7.28. The predicted octanol–water partition coefficient (Wildman–Crippen LogP) is 0.955. The molecule has 1 aromatic heterocycles. The molecule has 8 nitrogen and oxygen atoms in total. The summed E-state index contributed by atoms with van der Waals surface area (Å²) in [7, 11) is 3.75. The summed E-state index contributed by atoms with van der Waals surface area (Å²) in [6, 6.07) is 0. The monoisotopic (exact) mass is 365 g/mol. The molecular weight excluding hydrogens is 334 g/mol. The molecule has 2 aliphatic rings. The molecule has 0 amide bonds. The van der Waals surface area contributed by atoms with Gasteiger partial charge in [-0.05, 0) is 19.3 Å². The third-order valence-electron chi connectivity index (χ3n) is 4.80. The first kappa shape index (κ1) is 19.1. The van der Waals surface area contributed by atoms with Gasteiger partial charge in [0.2, 0.25) is 0 Å². The predicted molar refractivity (Wildman–Crippen MR) is 99.2 cm³/mol. The Labute approximate surface area is 155 Å². The second-order valence-electron chi connectivity index (χ2n) is 6.76. The number of nitrogens with zero attached hydrogens (tertiary/aromatic N) is 4. The summed E-state index contributed by atoms with van der Waals surface area (Å²) >= 11 is 0. The van der Waals surface area contributed by atoms with E-state index < -0.39 is 0 Å². The average Bonchev–Trinajstić information content (AvgIpc) is 3.12. The van der Waals surface area contributed by atoms with Crippen molar-refractivity contribution in [3.8, 4) is 0 Å². The number of nitrogens with one attached hydrogen (secondary N) is 1. The van der Waals surface area contributed by atoms with E-state index in [2.05, 4.69) is 20.3 Å². The molecule has 0 bridgehead atoms. The van der Waals surface area contributed by atoms with Crippen molar-refractivity contribution in [3.63, 3.8) is 0 Å². The fraction of sp³-hybridized carbons (Fsp3) is 0.778. The van der Waals surface area contributed by atoms with Gasteiger partial charge in [0.15, 0.2) is 5.96 Å². The van der Waals surface area contributed by atoms with Crippen LogP contribution in [0.2, 0.25) is 0 Å². The minimum absolute atomic E-state index is 0.0350. The molecule has 2 fully saturated rings. The number of hydrogen-bond donors (Lipinski definition) is 1. The Balaban J connectivity index is 1.39. The highest BCUT2D eigenvalue weighted by Crippen LogP contribution is 2.21. The normalized spacial score (nSPS) is 22.6. The molecule has 1 N–H and O–H groups in total. The van der Waals surface area contributed by atoms with Gasteiger partial charge < -0.3 is 24.4 Å². The van der Waals surface area contributed by atoms with Gasteiger partial charge in [-0.2, -0.15) is 5.10 Å². The zero-order chi connectivity index (χ0) is 18.2. The maximum absolute atomic E-state index is 5.92. The minimum atomic E-state index is 0.0350. The number of morpholine rings is 1. The summed E-state index contributed by atoms with van der Waals surface area (Å²) in [5.41, 5.74) is 1.11. The van der Waals surface area contributed by atoms with Crippen molar-refractivity contribution in [1.82, 2.24) is 20.0 Å². The SMILES string of the molecule is CN=C(NCCCOC1CCOCC1)N1CCOC(c2cnn(C)c2)C1. The van der Waals surface area contributed by atoms with Crippen molar-refractivity contribution in [3.05, 3.63) is 18.0 Å². The smallest absolute Gasteiger partial charge is 0.193 e. The van der Waals surface area contributed by atoms with Gasteiger partial charge in [0.05, 0.1) is 25.5 Å². The first-order valence-corrected chi connectivity index (χ1v) is 9.51. The van der Waals surface area contributed by atoms with E-state index in [1.807, 2.05) is 31.2 Å². The van der Waals surface area contributed by atoms with E-state index in [0.717, 1.165) is 70.2 Å². The number of aryl methyl sites for hydroxylation is 1. The van der Waals surface area contributed by atoms with E-state index in [4.69, 9.17) is 14.2 Å². The number of hydrogen-bond acceptors (Lipinski definition) is 5. The summed E-state index contributed by atoms with van der Waals surface area (Å²) in [6.07, 6.45) is 7.27. The molecule has 8 heteroatoms. The minimum Gasteiger partial charge on any atom is -0.381 e. The van der Waals surface area contributed by atoms with Crippen molar-refractivity contribution in [2.75, 3.05) is 53.1 Å². The lowest BCUT2D eigenvalue weighted by molar-refractivity contribution is -0.0321. The van der Waals surface area contributed by atoms with E-state index in [1.165, 1.54) is 0 Å². The highest BCUT2D eigenvalue weighted by atomic mass is 16.5. The van der Waals surface area contributed by atoms with Crippen LogP contribution in [-0.2, 0) is 21.3 Å². The largest absolute Gasteiger partial charge is 0.381 e. The van der Waals surface area contributed by atoms with E-state index in [-0.39, 0.29) is 6.10 Å². The van der Waals surface area contributed by atoms with E-state index in [0.29, 0.717) is 12.7 Å². The molecule has 2 aliphatic heterocycles. The van der Waals surface area contributed by atoms with Crippen LogP contribution in [0.1, 0.15) is 30.9 Å². The second-order valence-corrected chi connectivity index (χ2v) is 6.76. The first-order valence-electron chi connectivity index (χ1n) is 9.51. The van der Waals surface area contributed by atoms with Crippen LogP contribution >= 0.6 is 0 Å². The summed E-state index contributed by atoms with van der Waals surface area (Å²) < 4.78 is 19.0. The first-order chi connectivity index (χ1) is 12.8. The molecule has 0 radical (unpaired) electrons. The van der Waals surface area contributed by atoms with Crippen LogP contribution in [0.15, 0.2) is 17.4 Å². The van der Waals surface area contributed by atoms with Gasteiger partial charge in [-0.1, -0.05) is 0 Å². The summed E-state index contributed by atoms with van der Waals surface area (Å²) in [5.74, 6) is 0.924. The Morgan fingerprint density at radius 2 is 2.23 bits per heavy atom. The quantitative estimate of drug-likeness (QED) is 0.460. The molecule has 1 unspecified atom stereocenters. The molecule has 26 heavy (non-hydrogen) atoms. The van der Waals surface area contributed by atoms with Crippen LogP contribution in [0, 0.1) is 0 Å².